The van der Waals surface area contributed by atoms with Gasteiger partial charge in [-0.2, -0.15) is 0 Å². The first-order chi connectivity index (χ1) is 9.70. The van der Waals surface area contributed by atoms with Crippen molar-refractivity contribution >= 4 is 11.6 Å². The molecule has 0 amide bonds. The molecule has 0 radical (unpaired) electrons. The van der Waals surface area contributed by atoms with Gasteiger partial charge in [-0.05, 0) is 49.1 Å². The van der Waals surface area contributed by atoms with Crippen molar-refractivity contribution in [2.45, 2.75) is 32.4 Å². The van der Waals surface area contributed by atoms with Crippen molar-refractivity contribution < 1.29 is 4.74 Å². The number of ether oxygens (including phenoxy) is 1. The highest BCUT2D eigenvalue weighted by molar-refractivity contribution is 6.32. The SMILES string of the molecule is Cc1ccc(Cl)c(Oc2cc(CNC3CC3)ccn2)c1. The first-order valence-electron chi connectivity index (χ1n) is 6.83. The average Bonchev–Trinajstić information content (AvgIpc) is 3.25. The summed E-state index contributed by atoms with van der Waals surface area (Å²) in [5.74, 6) is 1.22. The Morgan fingerprint density at radius 3 is 2.95 bits per heavy atom. The summed E-state index contributed by atoms with van der Waals surface area (Å²) < 4.78 is 5.78. The van der Waals surface area contributed by atoms with Crippen LogP contribution in [0, 0.1) is 6.92 Å². The number of benzene rings is 1. The van der Waals surface area contributed by atoms with Gasteiger partial charge in [0, 0.05) is 24.8 Å². The second-order valence-corrected chi connectivity index (χ2v) is 5.60. The standard InChI is InChI=1S/C16H17ClN2O/c1-11-2-5-14(17)15(8-11)20-16-9-12(6-7-18-16)10-19-13-3-4-13/h2,5-9,13,19H,3-4,10H2,1H3. The number of nitrogens with one attached hydrogen (secondary N) is 1. The summed E-state index contributed by atoms with van der Waals surface area (Å²) in [5, 5.41) is 4.07. The molecule has 1 aliphatic carbocycles. The van der Waals surface area contributed by atoms with E-state index in [0.29, 0.717) is 22.7 Å². The molecule has 2 aromatic rings. The van der Waals surface area contributed by atoms with Crippen LogP contribution in [0.15, 0.2) is 36.5 Å². The van der Waals surface area contributed by atoms with Gasteiger partial charge in [0.2, 0.25) is 5.88 Å². The molecule has 1 saturated carbocycles. The van der Waals surface area contributed by atoms with Crippen LogP contribution in [0.3, 0.4) is 0 Å². The molecule has 1 fully saturated rings. The summed E-state index contributed by atoms with van der Waals surface area (Å²) in [7, 11) is 0. The largest absolute Gasteiger partial charge is 0.437 e. The molecule has 0 atom stereocenters. The van der Waals surface area contributed by atoms with Crippen LogP contribution in [0.25, 0.3) is 0 Å². The van der Waals surface area contributed by atoms with Crippen LogP contribution in [0.2, 0.25) is 5.02 Å². The lowest BCUT2D eigenvalue weighted by molar-refractivity contribution is 0.461. The first kappa shape index (κ1) is 13.4. The molecule has 1 heterocycles. The Labute approximate surface area is 123 Å². The third kappa shape index (κ3) is 3.50. The number of halogens is 1. The average molecular weight is 289 g/mol. The molecular weight excluding hydrogens is 272 g/mol. The molecule has 1 N–H and O–H groups in total. The van der Waals surface area contributed by atoms with E-state index in [1.165, 1.54) is 18.4 Å². The van der Waals surface area contributed by atoms with Crippen LogP contribution in [0.5, 0.6) is 11.6 Å². The van der Waals surface area contributed by atoms with Gasteiger partial charge in [-0.3, -0.25) is 0 Å². The number of hydrogen-bond donors (Lipinski definition) is 1. The predicted molar refractivity (Wildman–Crippen MR) is 80.4 cm³/mol. The molecule has 104 valence electrons. The quantitative estimate of drug-likeness (QED) is 0.900. The highest BCUT2D eigenvalue weighted by Gasteiger charge is 2.19. The zero-order valence-corrected chi connectivity index (χ0v) is 12.2. The maximum Gasteiger partial charge on any atom is 0.219 e. The third-order valence-electron chi connectivity index (χ3n) is 3.27. The summed E-state index contributed by atoms with van der Waals surface area (Å²) in [5.41, 5.74) is 2.28. The van der Waals surface area contributed by atoms with Crippen molar-refractivity contribution in [3.63, 3.8) is 0 Å². The molecule has 4 heteroatoms. The molecular formula is C16H17ClN2O. The van der Waals surface area contributed by atoms with Crippen molar-refractivity contribution in [3.05, 3.63) is 52.7 Å². The Morgan fingerprint density at radius 1 is 1.30 bits per heavy atom. The van der Waals surface area contributed by atoms with E-state index in [4.69, 9.17) is 16.3 Å². The summed E-state index contributed by atoms with van der Waals surface area (Å²) in [6.07, 6.45) is 4.34. The zero-order chi connectivity index (χ0) is 13.9. The number of aryl methyl sites for hydroxylation is 1. The Hall–Kier alpha value is -1.58. The summed E-state index contributed by atoms with van der Waals surface area (Å²) in [6, 6.07) is 10.4. The van der Waals surface area contributed by atoms with Crippen LogP contribution in [-0.4, -0.2) is 11.0 Å². The Morgan fingerprint density at radius 2 is 2.15 bits per heavy atom. The third-order valence-corrected chi connectivity index (χ3v) is 3.58. The molecule has 0 bridgehead atoms. The maximum atomic E-state index is 6.13. The van der Waals surface area contributed by atoms with Gasteiger partial charge in [-0.1, -0.05) is 17.7 Å². The Bertz CT molecular complexity index is 611. The molecule has 20 heavy (non-hydrogen) atoms. The number of hydrogen-bond acceptors (Lipinski definition) is 3. The second-order valence-electron chi connectivity index (χ2n) is 5.19. The fourth-order valence-corrected chi connectivity index (χ4v) is 2.12. The normalized spacial score (nSPS) is 14.3. The van der Waals surface area contributed by atoms with Crippen molar-refractivity contribution in [1.29, 1.82) is 0 Å². The molecule has 3 nitrogen and oxygen atoms in total. The van der Waals surface area contributed by atoms with Crippen molar-refractivity contribution in [1.82, 2.24) is 10.3 Å². The topological polar surface area (TPSA) is 34.1 Å². The van der Waals surface area contributed by atoms with E-state index in [9.17, 15) is 0 Å². The van der Waals surface area contributed by atoms with E-state index in [1.54, 1.807) is 6.20 Å². The van der Waals surface area contributed by atoms with Gasteiger partial charge in [0.1, 0.15) is 5.75 Å². The molecule has 0 saturated heterocycles. The number of aromatic nitrogens is 1. The number of pyridine rings is 1. The summed E-state index contributed by atoms with van der Waals surface area (Å²) in [6.45, 7) is 2.86. The molecule has 1 aliphatic rings. The van der Waals surface area contributed by atoms with Crippen LogP contribution in [0.1, 0.15) is 24.0 Å². The molecule has 0 unspecified atom stereocenters. The van der Waals surface area contributed by atoms with E-state index < -0.39 is 0 Å². The fraction of sp³-hybridized carbons (Fsp3) is 0.312. The molecule has 3 rings (SSSR count). The van der Waals surface area contributed by atoms with E-state index in [0.717, 1.165) is 12.1 Å². The van der Waals surface area contributed by atoms with E-state index in [-0.39, 0.29) is 0 Å². The van der Waals surface area contributed by atoms with Crippen molar-refractivity contribution in [2.75, 3.05) is 0 Å². The van der Waals surface area contributed by atoms with Crippen LogP contribution >= 0.6 is 11.6 Å². The van der Waals surface area contributed by atoms with Gasteiger partial charge < -0.3 is 10.1 Å². The second kappa shape index (κ2) is 5.81. The highest BCUT2D eigenvalue weighted by atomic mass is 35.5. The van der Waals surface area contributed by atoms with Gasteiger partial charge in [-0.25, -0.2) is 4.98 Å². The van der Waals surface area contributed by atoms with E-state index >= 15 is 0 Å². The minimum Gasteiger partial charge on any atom is -0.437 e. The minimum absolute atomic E-state index is 0.576. The first-order valence-corrected chi connectivity index (χ1v) is 7.21. The van der Waals surface area contributed by atoms with Crippen LogP contribution < -0.4 is 10.1 Å². The predicted octanol–water partition coefficient (Wildman–Crippen LogP) is 4.09. The van der Waals surface area contributed by atoms with Crippen molar-refractivity contribution in [2.24, 2.45) is 0 Å². The molecule has 1 aromatic carbocycles. The lowest BCUT2D eigenvalue weighted by Gasteiger charge is -2.09. The van der Waals surface area contributed by atoms with E-state index in [2.05, 4.69) is 10.3 Å². The lowest BCUT2D eigenvalue weighted by Crippen LogP contribution is -2.15. The summed E-state index contributed by atoms with van der Waals surface area (Å²) >= 11 is 6.13. The smallest absolute Gasteiger partial charge is 0.219 e. The van der Waals surface area contributed by atoms with Gasteiger partial charge >= 0.3 is 0 Å². The zero-order valence-electron chi connectivity index (χ0n) is 11.4. The Balaban J connectivity index is 1.72. The minimum atomic E-state index is 0.576. The highest BCUT2D eigenvalue weighted by Crippen LogP contribution is 2.29. The van der Waals surface area contributed by atoms with Gasteiger partial charge in [0.05, 0.1) is 5.02 Å². The van der Waals surface area contributed by atoms with E-state index in [1.807, 2.05) is 37.3 Å². The van der Waals surface area contributed by atoms with Crippen LogP contribution in [0.4, 0.5) is 0 Å². The number of nitrogens with zero attached hydrogens (tertiary/aromatic N) is 1. The van der Waals surface area contributed by atoms with Crippen molar-refractivity contribution in [3.8, 4) is 11.6 Å². The maximum absolute atomic E-state index is 6.13. The fourth-order valence-electron chi connectivity index (χ4n) is 1.97. The van der Waals surface area contributed by atoms with Gasteiger partial charge in [0.25, 0.3) is 0 Å². The molecule has 0 aliphatic heterocycles. The Kier molecular flexibility index (Phi) is 3.90. The molecule has 0 spiro atoms. The monoisotopic (exact) mass is 288 g/mol. The number of rotatable bonds is 5. The van der Waals surface area contributed by atoms with Gasteiger partial charge in [-0.15, -0.1) is 0 Å². The van der Waals surface area contributed by atoms with Gasteiger partial charge in [0.15, 0.2) is 0 Å². The summed E-state index contributed by atoms with van der Waals surface area (Å²) in [4.78, 5) is 4.24. The lowest BCUT2D eigenvalue weighted by atomic mass is 10.2. The molecule has 1 aromatic heterocycles. The van der Waals surface area contributed by atoms with Crippen LogP contribution in [-0.2, 0) is 6.54 Å².